The van der Waals surface area contributed by atoms with Crippen molar-refractivity contribution in [2.75, 3.05) is 6.54 Å². The second kappa shape index (κ2) is 10.6. The Bertz CT molecular complexity index is 1100. The minimum absolute atomic E-state index is 0.0325. The zero-order valence-electron chi connectivity index (χ0n) is 21.8. The molecule has 0 amide bonds. The van der Waals surface area contributed by atoms with E-state index in [-0.39, 0.29) is 17.2 Å². The second-order valence-corrected chi connectivity index (χ2v) is 16.9. The van der Waals surface area contributed by atoms with Crippen LogP contribution in [0.1, 0.15) is 44.6 Å². The minimum atomic E-state index is -1.91. The third-order valence-corrected chi connectivity index (χ3v) is 13.1. The highest BCUT2D eigenvalue weighted by molar-refractivity contribution is 7.99. The Kier molecular flexibility index (Phi) is 7.93. The molecule has 3 aromatic rings. The number of aliphatic hydroxyl groups is 1. The van der Waals surface area contributed by atoms with Gasteiger partial charge in [-0.05, 0) is 42.2 Å². The van der Waals surface area contributed by atoms with Crippen molar-refractivity contribution in [3.8, 4) is 0 Å². The standard InChI is InChI=1S/C28H39N3O2SSi/c1-28(2,3)35(5,6)33-22-17-24(31(20-22)19-21-13-9-7-10-14-21)26(32)25-18-29-27(30(25)4)34-23-15-11-8-12-16-23/h7-16,18,22,24,26,32H,17,19-20H2,1-6H3/t22-,24+,26?/m1/s1. The maximum Gasteiger partial charge on any atom is 0.192 e. The summed E-state index contributed by atoms with van der Waals surface area (Å²) in [6, 6.07) is 20.7. The number of rotatable bonds is 8. The molecule has 0 saturated carbocycles. The zero-order valence-corrected chi connectivity index (χ0v) is 23.6. The van der Waals surface area contributed by atoms with Gasteiger partial charge in [0.05, 0.1) is 18.0 Å². The molecule has 1 aliphatic rings. The van der Waals surface area contributed by atoms with Gasteiger partial charge in [-0.15, -0.1) is 0 Å². The van der Waals surface area contributed by atoms with Crippen LogP contribution in [0, 0.1) is 0 Å². The number of aromatic nitrogens is 2. The molecule has 7 heteroatoms. The van der Waals surface area contributed by atoms with Crippen molar-refractivity contribution in [3.63, 3.8) is 0 Å². The number of hydrogen-bond donors (Lipinski definition) is 1. The van der Waals surface area contributed by atoms with Gasteiger partial charge < -0.3 is 14.1 Å². The van der Waals surface area contributed by atoms with E-state index in [1.807, 2.05) is 42.1 Å². The van der Waals surface area contributed by atoms with Gasteiger partial charge in [0.25, 0.3) is 0 Å². The molecule has 1 saturated heterocycles. The predicted molar refractivity (Wildman–Crippen MR) is 146 cm³/mol. The molecule has 5 nitrogen and oxygen atoms in total. The molecule has 0 radical (unpaired) electrons. The summed E-state index contributed by atoms with van der Waals surface area (Å²) in [5.41, 5.74) is 2.10. The summed E-state index contributed by atoms with van der Waals surface area (Å²) in [6.07, 6.45) is 2.12. The quantitative estimate of drug-likeness (QED) is 0.363. The maximum absolute atomic E-state index is 11.6. The molecular formula is C28H39N3O2SSi. The first-order chi connectivity index (χ1) is 16.5. The summed E-state index contributed by atoms with van der Waals surface area (Å²) in [7, 11) is 0.0825. The SMILES string of the molecule is Cn1c(C(O)[C@@H]2C[C@@H](O[Si](C)(C)C(C)(C)C)CN2Cc2ccccc2)cnc1Sc1ccccc1. The second-order valence-electron chi connectivity index (χ2n) is 11.1. The highest BCUT2D eigenvalue weighted by Gasteiger charge is 2.44. The van der Waals surface area contributed by atoms with Gasteiger partial charge in [0.2, 0.25) is 0 Å². The predicted octanol–water partition coefficient (Wildman–Crippen LogP) is 6.27. The van der Waals surface area contributed by atoms with E-state index in [2.05, 4.69) is 80.1 Å². The van der Waals surface area contributed by atoms with E-state index in [9.17, 15) is 5.11 Å². The summed E-state index contributed by atoms with van der Waals surface area (Å²) in [5.74, 6) is 0. The number of aliphatic hydroxyl groups excluding tert-OH is 1. The monoisotopic (exact) mass is 509 g/mol. The molecule has 1 fully saturated rings. The zero-order chi connectivity index (χ0) is 25.2. The van der Waals surface area contributed by atoms with Crippen LogP contribution in [0.5, 0.6) is 0 Å². The van der Waals surface area contributed by atoms with Crippen molar-refractivity contribution in [1.29, 1.82) is 0 Å². The largest absolute Gasteiger partial charge is 0.413 e. The maximum atomic E-state index is 11.6. The average Bonchev–Trinajstić information content (AvgIpc) is 3.36. The minimum Gasteiger partial charge on any atom is -0.413 e. The van der Waals surface area contributed by atoms with Gasteiger partial charge in [-0.25, -0.2) is 4.98 Å². The molecule has 3 atom stereocenters. The van der Waals surface area contributed by atoms with Gasteiger partial charge in [0.1, 0.15) is 6.10 Å². The van der Waals surface area contributed by atoms with Crippen molar-refractivity contribution in [1.82, 2.24) is 14.5 Å². The number of benzene rings is 2. The Morgan fingerprint density at radius 3 is 2.34 bits per heavy atom. The van der Waals surface area contributed by atoms with E-state index in [0.29, 0.717) is 0 Å². The Hall–Kier alpha value is -1.90. The molecule has 2 heterocycles. The van der Waals surface area contributed by atoms with Gasteiger partial charge in [0.15, 0.2) is 13.5 Å². The van der Waals surface area contributed by atoms with Crippen LogP contribution in [0.3, 0.4) is 0 Å². The molecule has 1 N–H and O–H groups in total. The van der Waals surface area contributed by atoms with Crippen LogP contribution in [0.4, 0.5) is 0 Å². The van der Waals surface area contributed by atoms with Crippen molar-refractivity contribution in [2.24, 2.45) is 7.05 Å². The van der Waals surface area contributed by atoms with Crippen LogP contribution in [0.15, 0.2) is 76.9 Å². The average molecular weight is 510 g/mol. The fourth-order valence-electron chi connectivity index (χ4n) is 4.46. The summed E-state index contributed by atoms with van der Waals surface area (Å²) in [5, 5.41) is 12.7. The highest BCUT2D eigenvalue weighted by atomic mass is 32.2. The molecule has 1 aliphatic heterocycles. The molecule has 1 aromatic heterocycles. The molecule has 4 rings (SSSR count). The van der Waals surface area contributed by atoms with Gasteiger partial charge in [-0.3, -0.25) is 4.90 Å². The topological polar surface area (TPSA) is 50.5 Å². The first-order valence-corrected chi connectivity index (χ1v) is 16.2. The molecule has 35 heavy (non-hydrogen) atoms. The van der Waals surface area contributed by atoms with E-state index in [1.165, 1.54) is 5.56 Å². The number of hydrogen-bond acceptors (Lipinski definition) is 5. The van der Waals surface area contributed by atoms with Crippen LogP contribution in [0.25, 0.3) is 0 Å². The number of nitrogens with zero attached hydrogens (tertiary/aromatic N) is 3. The fraction of sp³-hybridized carbons (Fsp3) is 0.464. The van der Waals surface area contributed by atoms with Gasteiger partial charge in [-0.2, -0.15) is 0 Å². The van der Waals surface area contributed by atoms with Crippen molar-refractivity contribution in [2.45, 2.75) is 80.2 Å². The number of imidazole rings is 1. The van der Waals surface area contributed by atoms with Crippen LogP contribution < -0.4 is 0 Å². The van der Waals surface area contributed by atoms with Gasteiger partial charge in [-0.1, -0.05) is 81.1 Å². The Labute approximate surface area is 215 Å². The van der Waals surface area contributed by atoms with E-state index >= 15 is 0 Å². The van der Waals surface area contributed by atoms with E-state index in [1.54, 1.807) is 11.8 Å². The Morgan fingerprint density at radius 2 is 1.71 bits per heavy atom. The summed E-state index contributed by atoms with van der Waals surface area (Å²) in [6.45, 7) is 13.1. The molecule has 0 aliphatic carbocycles. The first kappa shape index (κ1) is 26.2. The van der Waals surface area contributed by atoms with Crippen LogP contribution in [0.2, 0.25) is 18.1 Å². The van der Waals surface area contributed by atoms with E-state index < -0.39 is 14.4 Å². The van der Waals surface area contributed by atoms with Crippen LogP contribution in [-0.2, 0) is 18.0 Å². The van der Waals surface area contributed by atoms with Crippen molar-refractivity contribution in [3.05, 3.63) is 78.1 Å². The lowest BCUT2D eigenvalue weighted by Gasteiger charge is -2.38. The molecule has 0 bridgehead atoms. The molecule has 2 aromatic carbocycles. The Morgan fingerprint density at radius 1 is 1.09 bits per heavy atom. The van der Waals surface area contributed by atoms with E-state index in [0.717, 1.165) is 35.3 Å². The summed E-state index contributed by atoms with van der Waals surface area (Å²) >= 11 is 1.62. The van der Waals surface area contributed by atoms with Crippen LogP contribution >= 0.6 is 11.8 Å². The number of likely N-dealkylation sites (tertiary alicyclic amines) is 1. The molecule has 0 spiro atoms. The first-order valence-electron chi connectivity index (χ1n) is 12.4. The third kappa shape index (κ3) is 6.09. The van der Waals surface area contributed by atoms with E-state index in [4.69, 9.17) is 4.43 Å². The van der Waals surface area contributed by atoms with Crippen LogP contribution in [-0.4, -0.2) is 46.6 Å². The van der Waals surface area contributed by atoms with Gasteiger partial charge >= 0.3 is 0 Å². The normalized spacial score (nSPS) is 20.3. The smallest absolute Gasteiger partial charge is 0.192 e. The molecule has 188 valence electrons. The lowest BCUT2D eigenvalue weighted by molar-refractivity contribution is 0.0632. The summed E-state index contributed by atoms with van der Waals surface area (Å²) in [4.78, 5) is 8.18. The lowest BCUT2D eigenvalue weighted by atomic mass is 10.0. The third-order valence-electron chi connectivity index (χ3n) is 7.51. The van der Waals surface area contributed by atoms with Crippen molar-refractivity contribution >= 4 is 20.1 Å². The highest BCUT2D eigenvalue weighted by Crippen LogP contribution is 2.41. The molecule has 1 unspecified atom stereocenters. The fourth-order valence-corrected chi connectivity index (χ4v) is 6.67. The Balaban J connectivity index is 1.56. The van der Waals surface area contributed by atoms with Crippen molar-refractivity contribution < 1.29 is 9.53 Å². The molecular weight excluding hydrogens is 470 g/mol. The van der Waals surface area contributed by atoms with Gasteiger partial charge in [0, 0.05) is 31.1 Å². The summed E-state index contributed by atoms with van der Waals surface area (Å²) < 4.78 is 8.85. The lowest BCUT2D eigenvalue weighted by Crippen LogP contribution is -2.44.